The molecule has 0 saturated heterocycles. The number of carbonyl (C=O) groups excluding carboxylic acids is 1. The molecule has 0 saturated carbocycles. The van der Waals surface area contributed by atoms with E-state index in [9.17, 15) is 4.79 Å². The van der Waals surface area contributed by atoms with Crippen molar-refractivity contribution in [3.05, 3.63) is 64.6 Å². The molecule has 3 aromatic rings. The number of nitrogens with zero attached hydrogens (tertiary/aromatic N) is 4. The van der Waals surface area contributed by atoms with E-state index >= 15 is 0 Å². The Morgan fingerprint density at radius 3 is 2.81 bits per heavy atom. The zero-order valence-corrected chi connectivity index (χ0v) is 16.4. The Bertz CT molecular complexity index is 802. The molecule has 0 spiro atoms. The largest absolute Gasteiger partial charge is 0.338 e. The summed E-state index contributed by atoms with van der Waals surface area (Å²) < 4.78 is 2.02. The maximum atomic E-state index is 12.6. The van der Waals surface area contributed by atoms with Crippen molar-refractivity contribution in [2.24, 2.45) is 0 Å². The average Bonchev–Trinajstić information content (AvgIpc) is 3.34. The Morgan fingerprint density at radius 1 is 1.23 bits per heavy atom. The maximum Gasteiger partial charge on any atom is 0.233 e. The second kappa shape index (κ2) is 9.54. The second-order valence-corrected chi connectivity index (χ2v) is 7.79. The molecule has 26 heavy (non-hydrogen) atoms. The lowest BCUT2D eigenvalue weighted by molar-refractivity contribution is -0.128. The van der Waals surface area contributed by atoms with Gasteiger partial charge in [-0.15, -0.1) is 21.5 Å². The third kappa shape index (κ3) is 5.19. The van der Waals surface area contributed by atoms with Gasteiger partial charge in [0.25, 0.3) is 0 Å². The zero-order chi connectivity index (χ0) is 18.2. The van der Waals surface area contributed by atoms with Crippen LogP contribution in [-0.4, -0.2) is 37.9 Å². The highest BCUT2D eigenvalue weighted by Crippen LogP contribution is 2.18. The first-order valence-electron chi connectivity index (χ1n) is 8.61. The minimum absolute atomic E-state index is 0.120. The van der Waals surface area contributed by atoms with E-state index in [0.717, 1.165) is 23.7 Å². The quantitative estimate of drug-likeness (QED) is 0.526. The maximum absolute atomic E-state index is 12.6. The number of carbonyl (C=O) groups is 1. The Morgan fingerprint density at radius 2 is 2.08 bits per heavy atom. The molecule has 0 aliphatic carbocycles. The highest BCUT2D eigenvalue weighted by molar-refractivity contribution is 7.99. The minimum atomic E-state index is 0.120. The topological polar surface area (TPSA) is 51.0 Å². The van der Waals surface area contributed by atoms with Crippen molar-refractivity contribution in [2.45, 2.75) is 31.6 Å². The van der Waals surface area contributed by atoms with E-state index in [1.165, 1.54) is 16.6 Å². The first kappa shape index (κ1) is 18.7. The molecule has 0 radical (unpaired) electrons. The molecule has 0 N–H and O–H groups in total. The van der Waals surface area contributed by atoms with E-state index < -0.39 is 0 Å². The number of amides is 1. The van der Waals surface area contributed by atoms with Crippen LogP contribution in [0.25, 0.3) is 0 Å². The van der Waals surface area contributed by atoms with Crippen LogP contribution < -0.4 is 0 Å². The monoisotopic (exact) mass is 386 g/mol. The lowest BCUT2D eigenvalue weighted by atomic mass is 10.2. The molecule has 0 aliphatic heterocycles. The second-order valence-electron chi connectivity index (χ2n) is 5.82. The van der Waals surface area contributed by atoms with E-state index in [1.807, 2.05) is 46.7 Å². The fourth-order valence-corrected chi connectivity index (χ4v) is 4.14. The predicted molar refractivity (Wildman–Crippen MR) is 106 cm³/mol. The van der Waals surface area contributed by atoms with Crippen LogP contribution in [0.2, 0.25) is 0 Å². The van der Waals surface area contributed by atoms with Crippen LogP contribution in [0.3, 0.4) is 0 Å². The van der Waals surface area contributed by atoms with Gasteiger partial charge >= 0.3 is 0 Å². The van der Waals surface area contributed by atoms with Crippen molar-refractivity contribution in [1.82, 2.24) is 19.7 Å². The molecule has 1 aromatic carbocycles. The summed E-state index contributed by atoms with van der Waals surface area (Å²) in [5.41, 5.74) is 1.15. The highest BCUT2D eigenvalue weighted by atomic mass is 32.2. The van der Waals surface area contributed by atoms with Gasteiger partial charge in [-0.25, -0.2) is 0 Å². The first-order valence-corrected chi connectivity index (χ1v) is 10.5. The lowest BCUT2D eigenvalue weighted by Crippen LogP contribution is -2.31. The summed E-state index contributed by atoms with van der Waals surface area (Å²) in [6, 6.07) is 14.3. The standard InChI is InChI=1S/C19H22N4OS2/c1-2-22(13-16-7-4-3-5-8-16)18(24)14-26-19-21-20-15-23(19)11-10-17-9-6-12-25-17/h3-9,12,15H,2,10-11,13-14H2,1H3. The molecule has 136 valence electrons. The third-order valence-corrected chi connectivity index (χ3v) is 5.94. The van der Waals surface area contributed by atoms with Crippen molar-refractivity contribution >= 4 is 29.0 Å². The summed E-state index contributed by atoms with van der Waals surface area (Å²) in [5.74, 6) is 0.493. The Kier molecular flexibility index (Phi) is 6.85. The Hall–Kier alpha value is -2.12. The number of aromatic nitrogens is 3. The van der Waals surface area contributed by atoms with Gasteiger partial charge in [0.05, 0.1) is 5.75 Å². The molecule has 7 heteroatoms. The third-order valence-electron chi connectivity index (χ3n) is 4.03. The van der Waals surface area contributed by atoms with Crippen molar-refractivity contribution in [3.63, 3.8) is 0 Å². The molecule has 3 rings (SSSR count). The van der Waals surface area contributed by atoms with E-state index in [0.29, 0.717) is 18.8 Å². The summed E-state index contributed by atoms with van der Waals surface area (Å²) in [4.78, 5) is 15.8. The van der Waals surface area contributed by atoms with Gasteiger partial charge in [-0.05, 0) is 30.4 Å². The molecule has 0 bridgehead atoms. The normalized spacial score (nSPS) is 10.8. The average molecular weight is 387 g/mol. The van der Waals surface area contributed by atoms with Crippen LogP contribution in [0.1, 0.15) is 17.4 Å². The number of rotatable bonds is 9. The molecular weight excluding hydrogens is 364 g/mol. The number of benzene rings is 1. The van der Waals surface area contributed by atoms with E-state index in [2.05, 4.69) is 27.7 Å². The van der Waals surface area contributed by atoms with Gasteiger partial charge in [-0.2, -0.15) is 0 Å². The summed E-state index contributed by atoms with van der Waals surface area (Å²) >= 11 is 3.21. The van der Waals surface area contributed by atoms with Crippen LogP contribution in [0, 0.1) is 0 Å². The SMILES string of the molecule is CCN(Cc1ccccc1)C(=O)CSc1nncn1CCc1cccs1. The number of hydrogen-bond acceptors (Lipinski definition) is 5. The van der Waals surface area contributed by atoms with E-state index in [1.54, 1.807) is 17.7 Å². The molecule has 5 nitrogen and oxygen atoms in total. The first-order chi connectivity index (χ1) is 12.8. The number of hydrogen-bond donors (Lipinski definition) is 0. The van der Waals surface area contributed by atoms with Gasteiger partial charge in [0.1, 0.15) is 6.33 Å². The van der Waals surface area contributed by atoms with Crippen LogP contribution >= 0.6 is 23.1 Å². The number of thioether (sulfide) groups is 1. The predicted octanol–water partition coefficient (Wildman–Crippen LogP) is 3.72. The van der Waals surface area contributed by atoms with Gasteiger partial charge < -0.3 is 9.47 Å². The van der Waals surface area contributed by atoms with E-state index in [-0.39, 0.29) is 5.91 Å². The lowest BCUT2D eigenvalue weighted by Gasteiger charge is -2.20. The number of thiophene rings is 1. The van der Waals surface area contributed by atoms with E-state index in [4.69, 9.17) is 0 Å². The smallest absolute Gasteiger partial charge is 0.233 e. The van der Waals surface area contributed by atoms with Crippen molar-refractivity contribution < 1.29 is 4.79 Å². The minimum Gasteiger partial charge on any atom is -0.338 e. The zero-order valence-electron chi connectivity index (χ0n) is 14.7. The van der Waals surface area contributed by atoms with Gasteiger partial charge in [-0.3, -0.25) is 4.79 Å². The van der Waals surface area contributed by atoms with Crippen LogP contribution in [-0.2, 0) is 24.3 Å². The Labute approximate surface area is 162 Å². The number of aryl methyl sites for hydroxylation is 2. The molecule has 2 heterocycles. The van der Waals surface area contributed by atoms with Crippen molar-refractivity contribution in [3.8, 4) is 0 Å². The van der Waals surface area contributed by atoms with Crippen LogP contribution in [0.15, 0.2) is 59.3 Å². The molecule has 0 fully saturated rings. The molecular formula is C19H22N4OS2. The molecule has 0 unspecified atom stereocenters. The molecule has 1 amide bonds. The summed E-state index contributed by atoms with van der Waals surface area (Å²) in [7, 11) is 0. The van der Waals surface area contributed by atoms with Crippen molar-refractivity contribution in [1.29, 1.82) is 0 Å². The highest BCUT2D eigenvalue weighted by Gasteiger charge is 2.15. The van der Waals surface area contributed by atoms with Gasteiger partial charge in [0, 0.05) is 24.5 Å². The summed E-state index contributed by atoms with van der Waals surface area (Å²) in [6.07, 6.45) is 2.69. The van der Waals surface area contributed by atoms with Crippen LogP contribution in [0.4, 0.5) is 0 Å². The fourth-order valence-electron chi connectivity index (χ4n) is 2.59. The molecule has 0 aliphatic rings. The van der Waals surface area contributed by atoms with Crippen molar-refractivity contribution in [2.75, 3.05) is 12.3 Å². The fraction of sp³-hybridized carbons (Fsp3) is 0.316. The van der Waals surface area contributed by atoms with Gasteiger partial charge in [0.15, 0.2) is 5.16 Å². The molecule has 2 aromatic heterocycles. The Balaban J connectivity index is 1.53. The van der Waals surface area contributed by atoms with Crippen LogP contribution in [0.5, 0.6) is 0 Å². The summed E-state index contributed by atoms with van der Waals surface area (Å²) in [6.45, 7) is 4.17. The molecule has 0 atom stereocenters. The van der Waals surface area contributed by atoms with Gasteiger partial charge in [-0.1, -0.05) is 48.2 Å². The van der Waals surface area contributed by atoms with Gasteiger partial charge in [0.2, 0.25) is 5.91 Å². The summed E-state index contributed by atoms with van der Waals surface area (Å²) in [5, 5.41) is 11.1.